The molecule has 5 rings (SSSR count). The summed E-state index contributed by atoms with van der Waals surface area (Å²) in [5.41, 5.74) is 5.51. The van der Waals surface area contributed by atoms with Crippen molar-refractivity contribution in [2.75, 3.05) is 46.3 Å². The molecule has 1 N–H and O–H groups in total. The van der Waals surface area contributed by atoms with Crippen molar-refractivity contribution >= 4 is 28.8 Å². The average molecular weight is 534 g/mol. The largest absolute Gasteiger partial charge is 0.358 e. The molecule has 2 unspecified atom stereocenters. The van der Waals surface area contributed by atoms with E-state index in [0.29, 0.717) is 17.3 Å². The number of aromatic nitrogens is 1. The molecule has 0 radical (unpaired) electrons. The second-order valence-electron chi connectivity index (χ2n) is 10.5. The molecular formula is C30H36ClN5O2. The molecule has 3 aliphatic rings. The van der Waals surface area contributed by atoms with Crippen LogP contribution >= 0.6 is 11.6 Å². The van der Waals surface area contributed by atoms with Crippen molar-refractivity contribution in [1.82, 2.24) is 20.3 Å². The van der Waals surface area contributed by atoms with E-state index in [1.165, 1.54) is 0 Å². The van der Waals surface area contributed by atoms with E-state index in [0.717, 1.165) is 72.8 Å². The highest BCUT2D eigenvalue weighted by Crippen LogP contribution is 2.40. The number of nitrogens with one attached hydrogen (secondary N) is 1. The zero-order valence-electron chi connectivity index (χ0n) is 22.4. The number of nitrogens with zero attached hydrogens (tertiary/aromatic N) is 4. The number of carbonyl (C=O) groups excluding carboxylic acids is 1. The molecule has 0 saturated carbocycles. The van der Waals surface area contributed by atoms with Gasteiger partial charge < -0.3 is 19.6 Å². The molecule has 1 amide bonds. The topological polar surface area (TPSA) is 74.0 Å². The average Bonchev–Trinajstić information content (AvgIpc) is 3.10. The number of aliphatic imine (C=N–C) groups is 1. The van der Waals surface area contributed by atoms with Gasteiger partial charge in [-0.2, -0.15) is 0 Å². The first kappa shape index (κ1) is 26.6. The van der Waals surface area contributed by atoms with Crippen LogP contribution in [0.2, 0.25) is 5.02 Å². The summed E-state index contributed by atoms with van der Waals surface area (Å²) in [4.78, 5) is 23.1. The first-order chi connectivity index (χ1) is 18.4. The van der Waals surface area contributed by atoms with Gasteiger partial charge in [-0.05, 0) is 50.6 Å². The number of piperazine rings is 1. The lowest BCUT2D eigenvalue weighted by molar-refractivity contribution is -0.121. The molecule has 2 atom stereocenters. The van der Waals surface area contributed by atoms with Crippen LogP contribution in [-0.4, -0.2) is 72.9 Å². The Kier molecular flexibility index (Phi) is 8.27. The molecular weight excluding hydrogens is 498 g/mol. The maximum absolute atomic E-state index is 13.1. The number of rotatable bonds is 7. The smallest absolute Gasteiger partial charge is 0.222 e. The monoisotopic (exact) mass is 533 g/mol. The number of fused-ring (bicyclic) bond motifs is 2. The van der Waals surface area contributed by atoms with Gasteiger partial charge in [0.1, 0.15) is 6.04 Å². The number of benzene rings is 1. The van der Waals surface area contributed by atoms with Crippen molar-refractivity contribution in [2.45, 2.75) is 32.7 Å². The number of carbonyl (C=O) groups is 1. The van der Waals surface area contributed by atoms with Crippen molar-refractivity contribution in [2.24, 2.45) is 10.9 Å². The van der Waals surface area contributed by atoms with Crippen molar-refractivity contribution in [3.05, 3.63) is 81.7 Å². The van der Waals surface area contributed by atoms with Crippen LogP contribution in [0.3, 0.4) is 0 Å². The maximum atomic E-state index is 13.1. The van der Waals surface area contributed by atoms with Gasteiger partial charge in [-0.3, -0.25) is 9.79 Å². The van der Waals surface area contributed by atoms with E-state index in [1.807, 2.05) is 31.2 Å². The molecule has 200 valence electrons. The normalized spacial score (nSPS) is 21.9. The summed E-state index contributed by atoms with van der Waals surface area (Å²) in [6, 6.07) is 7.21. The van der Waals surface area contributed by atoms with Gasteiger partial charge in [0.25, 0.3) is 0 Å². The van der Waals surface area contributed by atoms with E-state index in [2.05, 4.69) is 58.5 Å². The molecule has 1 saturated heterocycles. The molecule has 8 heteroatoms. The molecule has 1 aromatic heterocycles. The van der Waals surface area contributed by atoms with Crippen LogP contribution in [0.1, 0.15) is 48.4 Å². The van der Waals surface area contributed by atoms with Crippen LogP contribution in [-0.2, 0) is 4.79 Å². The van der Waals surface area contributed by atoms with E-state index in [9.17, 15) is 4.79 Å². The molecule has 38 heavy (non-hydrogen) atoms. The lowest BCUT2D eigenvalue weighted by Gasteiger charge is -2.32. The number of amides is 1. The zero-order chi connectivity index (χ0) is 26.6. The van der Waals surface area contributed by atoms with Crippen LogP contribution in [0, 0.1) is 12.8 Å². The van der Waals surface area contributed by atoms with Gasteiger partial charge in [0.05, 0.1) is 23.4 Å². The van der Waals surface area contributed by atoms with E-state index in [4.69, 9.17) is 21.1 Å². The first-order valence-electron chi connectivity index (χ1n) is 13.5. The molecule has 2 aliphatic heterocycles. The highest BCUT2D eigenvalue weighted by Gasteiger charge is 2.32. The summed E-state index contributed by atoms with van der Waals surface area (Å²) >= 11 is 6.20. The molecule has 0 spiro atoms. The lowest BCUT2D eigenvalue weighted by atomic mass is 9.93. The SMILES string of the molecule is Cc1noc2c1C1=C(C=CC(C)C=C1)C(c1ccc(Cl)cc1)=NC2CC(=O)NCCCN1CCN(C)CC1. The van der Waals surface area contributed by atoms with Crippen LogP contribution < -0.4 is 5.32 Å². The summed E-state index contributed by atoms with van der Waals surface area (Å²) in [5.74, 6) is 0.882. The van der Waals surface area contributed by atoms with Crippen molar-refractivity contribution in [1.29, 1.82) is 0 Å². The van der Waals surface area contributed by atoms with Crippen molar-refractivity contribution < 1.29 is 9.32 Å². The third-order valence-electron chi connectivity index (χ3n) is 7.49. The number of hydrogen-bond acceptors (Lipinski definition) is 6. The highest BCUT2D eigenvalue weighted by atomic mass is 35.5. The van der Waals surface area contributed by atoms with Gasteiger partial charge in [0, 0.05) is 48.9 Å². The Labute approximate surface area is 229 Å². The van der Waals surface area contributed by atoms with Gasteiger partial charge in [0.2, 0.25) is 5.91 Å². The minimum atomic E-state index is -0.486. The Bertz CT molecular complexity index is 1280. The summed E-state index contributed by atoms with van der Waals surface area (Å²) < 4.78 is 5.85. The van der Waals surface area contributed by atoms with Crippen LogP contribution in [0.15, 0.2) is 63.7 Å². The lowest BCUT2D eigenvalue weighted by Crippen LogP contribution is -2.45. The molecule has 0 bridgehead atoms. The van der Waals surface area contributed by atoms with E-state index in [-0.39, 0.29) is 18.2 Å². The third kappa shape index (κ3) is 6.01. The summed E-state index contributed by atoms with van der Waals surface area (Å²) in [5, 5.41) is 8.06. The molecule has 1 fully saturated rings. The molecule has 7 nitrogen and oxygen atoms in total. The highest BCUT2D eigenvalue weighted by molar-refractivity contribution is 6.31. The number of hydrogen-bond donors (Lipinski definition) is 1. The number of halogens is 1. The fourth-order valence-electron chi connectivity index (χ4n) is 5.22. The minimum absolute atomic E-state index is 0.0376. The fraction of sp³-hybridized carbons (Fsp3) is 0.433. The summed E-state index contributed by atoms with van der Waals surface area (Å²) in [6.45, 7) is 10.1. The van der Waals surface area contributed by atoms with Crippen LogP contribution in [0.5, 0.6) is 0 Å². The van der Waals surface area contributed by atoms with E-state index >= 15 is 0 Å². The molecule has 1 aromatic carbocycles. The Hall–Kier alpha value is -3.00. The van der Waals surface area contributed by atoms with E-state index in [1.54, 1.807) is 0 Å². The Morgan fingerprint density at radius 3 is 2.55 bits per heavy atom. The van der Waals surface area contributed by atoms with Gasteiger partial charge in [-0.15, -0.1) is 0 Å². The van der Waals surface area contributed by atoms with Gasteiger partial charge in [-0.1, -0.05) is 60.1 Å². The molecule has 1 aliphatic carbocycles. The predicted molar refractivity (Wildman–Crippen MR) is 153 cm³/mol. The molecule has 3 heterocycles. The van der Waals surface area contributed by atoms with Crippen LogP contribution in [0.4, 0.5) is 0 Å². The third-order valence-corrected chi connectivity index (χ3v) is 7.74. The first-order valence-corrected chi connectivity index (χ1v) is 13.9. The number of aryl methyl sites for hydroxylation is 1. The quantitative estimate of drug-likeness (QED) is 0.515. The van der Waals surface area contributed by atoms with Crippen molar-refractivity contribution in [3.8, 4) is 0 Å². The van der Waals surface area contributed by atoms with Gasteiger partial charge >= 0.3 is 0 Å². The summed E-state index contributed by atoms with van der Waals surface area (Å²) in [7, 11) is 2.16. The predicted octanol–water partition coefficient (Wildman–Crippen LogP) is 4.84. The Balaban J connectivity index is 1.38. The van der Waals surface area contributed by atoms with Crippen molar-refractivity contribution in [3.63, 3.8) is 0 Å². The second-order valence-corrected chi connectivity index (χ2v) is 10.9. The standard InChI is InChI=1S/C30H36ClN5O2/c1-20-5-11-24-25(12-6-20)29(22-7-9-23(31)10-8-22)33-26(30-28(24)21(2)34-38-30)19-27(37)32-13-4-14-36-17-15-35(3)16-18-36/h5-12,20,26H,4,13-19H2,1-3H3,(H,32,37). The minimum Gasteiger partial charge on any atom is -0.358 e. The fourth-order valence-corrected chi connectivity index (χ4v) is 5.34. The molecule has 2 aromatic rings. The Morgan fingerprint density at radius 2 is 1.82 bits per heavy atom. The number of allylic oxidation sites excluding steroid dienone is 6. The number of likely N-dealkylation sites (N-methyl/N-ethyl adjacent to an activating group) is 1. The van der Waals surface area contributed by atoms with Crippen LogP contribution in [0.25, 0.3) is 5.57 Å². The second kappa shape index (κ2) is 11.8. The van der Waals surface area contributed by atoms with E-state index < -0.39 is 6.04 Å². The summed E-state index contributed by atoms with van der Waals surface area (Å²) in [6.07, 6.45) is 9.72. The maximum Gasteiger partial charge on any atom is 0.222 e. The Morgan fingerprint density at radius 1 is 1.11 bits per heavy atom. The van der Waals surface area contributed by atoms with Gasteiger partial charge in [-0.25, -0.2) is 0 Å². The van der Waals surface area contributed by atoms with Gasteiger partial charge in [0.15, 0.2) is 5.76 Å². The zero-order valence-corrected chi connectivity index (χ0v) is 23.2.